The van der Waals surface area contributed by atoms with E-state index in [2.05, 4.69) is 16.8 Å². The van der Waals surface area contributed by atoms with Crippen molar-refractivity contribution in [3.05, 3.63) is 34.8 Å². The SMILES string of the molecule is C=C(OC)c1ccc(=O)[nH]n1. The van der Waals surface area contributed by atoms with Crippen LogP contribution in [0.1, 0.15) is 5.69 Å². The van der Waals surface area contributed by atoms with Crippen LogP contribution in [0.2, 0.25) is 0 Å². The van der Waals surface area contributed by atoms with Gasteiger partial charge in [-0.1, -0.05) is 6.58 Å². The number of aromatic amines is 1. The molecule has 0 saturated heterocycles. The molecule has 1 aromatic heterocycles. The van der Waals surface area contributed by atoms with Crippen molar-refractivity contribution in [1.82, 2.24) is 10.2 Å². The molecule has 1 rings (SSSR count). The van der Waals surface area contributed by atoms with Crippen molar-refractivity contribution in [3.8, 4) is 0 Å². The molecule has 1 aromatic rings. The number of methoxy groups -OCH3 is 1. The smallest absolute Gasteiger partial charge is 0.264 e. The maximum absolute atomic E-state index is 10.5. The molecule has 58 valence electrons. The quantitative estimate of drug-likeness (QED) is 0.623. The van der Waals surface area contributed by atoms with Gasteiger partial charge in [-0.05, 0) is 6.07 Å². The molecule has 1 N–H and O–H groups in total. The number of rotatable bonds is 2. The Kier molecular flexibility index (Phi) is 2.06. The van der Waals surface area contributed by atoms with Gasteiger partial charge in [0.15, 0.2) is 0 Å². The Balaban J connectivity index is 2.99. The minimum absolute atomic E-state index is 0.238. The molecular formula is C7H8N2O2. The van der Waals surface area contributed by atoms with Gasteiger partial charge in [0.05, 0.1) is 7.11 Å². The maximum Gasteiger partial charge on any atom is 0.264 e. The van der Waals surface area contributed by atoms with Crippen molar-refractivity contribution in [3.63, 3.8) is 0 Å². The van der Waals surface area contributed by atoms with E-state index in [4.69, 9.17) is 4.74 Å². The molecule has 0 aromatic carbocycles. The number of hydrogen-bond acceptors (Lipinski definition) is 3. The summed E-state index contributed by atoms with van der Waals surface area (Å²) in [5.74, 6) is 0.432. The monoisotopic (exact) mass is 152 g/mol. The molecule has 0 saturated carbocycles. The topological polar surface area (TPSA) is 55.0 Å². The van der Waals surface area contributed by atoms with Crippen molar-refractivity contribution < 1.29 is 4.74 Å². The fourth-order valence-corrected chi connectivity index (χ4v) is 0.604. The van der Waals surface area contributed by atoms with Crippen LogP contribution in [0.15, 0.2) is 23.5 Å². The van der Waals surface area contributed by atoms with Crippen molar-refractivity contribution >= 4 is 5.76 Å². The van der Waals surface area contributed by atoms with Crippen LogP contribution in [-0.4, -0.2) is 17.3 Å². The zero-order chi connectivity index (χ0) is 8.27. The second-order valence-electron chi connectivity index (χ2n) is 1.93. The lowest BCUT2D eigenvalue weighted by Gasteiger charge is -1.99. The molecule has 0 radical (unpaired) electrons. The highest BCUT2D eigenvalue weighted by Gasteiger charge is 1.97. The molecule has 0 bridgehead atoms. The Bertz CT molecular complexity index is 296. The molecule has 1 heterocycles. The van der Waals surface area contributed by atoms with Crippen molar-refractivity contribution in [2.75, 3.05) is 7.11 Å². The standard InChI is InChI=1S/C7H8N2O2/c1-5(11-2)6-3-4-7(10)9-8-6/h3-4H,1H2,2H3,(H,9,10). The first-order chi connectivity index (χ1) is 5.24. The zero-order valence-corrected chi connectivity index (χ0v) is 6.13. The molecule has 0 fully saturated rings. The average Bonchev–Trinajstić information content (AvgIpc) is 2.05. The molecule has 0 aliphatic rings. The third kappa shape index (κ3) is 1.67. The summed E-state index contributed by atoms with van der Waals surface area (Å²) in [6.07, 6.45) is 0. The molecule has 0 atom stereocenters. The number of hydrogen-bond donors (Lipinski definition) is 1. The summed E-state index contributed by atoms with van der Waals surface area (Å²) in [7, 11) is 1.50. The maximum atomic E-state index is 10.5. The molecule has 0 aliphatic carbocycles. The predicted octanol–water partition coefficient (Wildman–Crippen LogP) is 0.387. The molecule has 0 amide bonds. The number of aromatic nitrogens is 2. The number of nitrogens with zero attached hydrogens (tertiary/aromatic N) is 1. The first-order valence-corrected chi connectivity index (χ1v) is 3.03. The fourth-order valence-electron chi connectivity index (χ4n) is 0.604. The lowest BCUT2D eigenvalue weighted by molar-refractivity contribution is 0.369. The Morgan fingerprint density at radius 1 is 1.73 bits per heavy atom. The van der Waals surface area contributed by atoms with Gasteiger partial charge < -0.3 is 4.74 Å². The van der Waals surface area contributed by atoms with E-state index in [1.54, 1.807) is 6.07 Å². The predicted molar refractivity (Wildman–Crippen MR) is 40.9 cm³/mol. The van der Waals surface area contributed by atoms with Gasteiger partial charge in [-0.15, -0.1) is 0 Å². The van der Waals surface area contributed by atoms with Gasteiger partial charge in [0.1, 0.15) is 11.5 Å². The summed E-state index contributed by atoms with van der Waals surface area (Å²) in [6.45, 7) is 3.57. The van der Waals surface area contributed by atoms with Crippen LogP contribution in [0.3, 0.4) is 0 Å². The third-order valence-corrected chi connectivity index (χ3v) is 1.21. The molecular weight excluding hydrogens is 144 g/mol. The first kappa shape index (κ1) is 7.53. The lowest BCUT2D eigenvalue weighted by atomic mass is 10.3. The Hall–Kier alpha value is -1.58. The summed E-state index contributed by atoms with van der Waals surface area (Å²) in [6, 6.07) is 2.91. The molecule has 4 heteroatoms. The van der Waals surface area contributed by atoms with E-state index in [1.807, 2.05) is 0 Å². The second-order valence-corrected chi connectivity index (χ2v) is 1.93. The van der Waals surface area contributed by atoms with Gasteiger partial charge in [-0.2, -0.15) is 5.10 Å². The van der Waals surface area contributed by atoms with E-state index in [9.17, 15) is 4.79 Å². The van der Waals surface area contributed by atoms with Crippen molar-refractivity contribution in [2.24, 2.45) is 0 Å². The highest BCUT2D eigenvalue weighted by molar-refractivity contribution is 5.51. The van der Waals surface area contributed by atoms with E-state index in [0.717, 1.165) is 0 Å². The highest BCUT2D eigenvalue weighted by atomic mass is 16.5. The summed E-state index contributed by atoms with van der Waals surface area (Å²) >= 11 is 0. The van der Waals surface area contributed by atoms with Crippen LogP contribution in [0.5, 0.6) is 0 Å². The second kappa shape index (κ2) is 3.01. The van der Waals surface area contributed by atoms with Crippen LogP contribution in [0.25, 0.3) is 5.76 Å². The van der Waals surface area contributed by atoms with Crippen LogP contribution in [-0.2, 0) is 4.74 Å². The van der Waals surface area contributed by atoms with E-state index in [0.29, 0.717) is 11.5 Å². The van der Waals surface area contributed by atoms with Crippen LogP contribution in [0, 0.1) is 0 Å². The minimum Gasteiger partial charge on any atom is -0.495 e. The molecule has 0 spiro atoms. The molecule has 0 aliphatic heterocycles. The molecule has 4 nitrogen and oxygen atoms in total. The Morgan fingerprint density at radius 2 is 2.45 bits per heavy atom. The highest BCUT2D eigenvalue weighted by Crippen LogP contribution is 2.04. The minimum atomic E-state index is -0.238. The van der Waals surface area contributed by atoms with E-state index in [-0.39, 0.29) is 5.56 Å². The Morgan fingerprint density at radius 3 is 2.91 bits per heavy atom. The summed E-state index contributed by atoms with van der Waals surface area (Å²) in [5.41, 5.74) is 0.296. The summed E-state index contributed by atoms with van der Waals surface area (Å²) in [5, 5.41) is 5.96. The number of nitrogens with one attached hydrogen (secondary N) is 1. The van der Waals surface area contributed by atoms with Gasteiger partial charge in [0, 0.05) is 6.07 Å². The number of ether oxygens (including phenoxy) is 1. The third-order valence-electron chi connectivity index (χ3n) is 1.21. The zero-order valence-electron chi connectivity index (χ0n) is 6.13. The van der Waals surface area contributed by atoms with E-state index < -0.39 is 0 Å². The molecule has 0 unspecified atom stereocenters. The number of H-pyrrole nitrogens is 1. The largest absolute Gasteiger partial charge is 0.495 e. The normalized spacial score (nSPS) is 9.18. The fraction of sp³-hybridized carbons (Fsp3) is 0.143. The first-order valence-electron chi connectivity index (χ1n) is 3.03. The van der Waals surface area contributed by atoms with Gasteiger partial charge in [0.25, 0.3) is 5.56 Å². The van der Waals surface area contributed by atoms with Crippen molar-refractivity contribution in [2.45, 2.75) is 0 Å². The Labute approximate surface area is 63.5 Å². The summed E-state index contributed by atoms with van der Waals surface area (Å²) in [4.78, 5) is 10.5. The summed E-state index contributed by atoms with van der Waals surface area (Å²) < 4.78 is 4.80. The average molecular weight is 152 g/mol. The van der Waals surface area contributed by atoms with Crippen LogP contribution < -0.4 is 5.56 Å². The van der Waals surface area contributed by atoms with E-state index in [1.165, 1.54) is 13.2 Å². The van der Waals surface area contributed by atoms with Crippen LogP contribution >= 0.6 is 0 Å². The van der Waals surface area contributed by atoms with Crippen molar-refractivity contribution in [1.29, 1.82) is 0 Å². The van der Waals surface area contributed by atoms with Crippen LogP contribution in [0.4, 0.5) is 0 Å². The van der Waals surface area contributed by atoms with Gasteiger partial charge in [0.2, 0.25) is 0 Å². The van der Waals surface area contributed by atoms with Gasteiger partial charge >= 0.3 is 0 Å². The van der Waals surface area contributed by atoms with Gasteiger partial charge in [-0.3, -0.25) is 4.79 Å². The lowest BCUT2D eigenvalue weighted by Crippen LogP contribution is -2.07. The van der Waals surface area contributed by atoms with E-state index >= 15 is 0 Å². The molecule has 11 heavy (non-hydrogen) atoms. The van der Waals surface area contributed by atoms with Gasteiger partial charge in [-0.25, -0.2) is 5.10 Å².